The molecule has 24 heteroatoms. The van der Waals surface area contributed by atoms with Crippen molar-refractivity contribution >= 4 is 64.9 Å². The third-order valence-corrected chi connectivity index (χ3v) is 13.1. The van der Waals surface area contributed by atoms with E-state index >= 15 is 0 Å². The standard InChI is InChI=1S/C56H97N5O19/c1-3-48(64)45(57-2)22-18-19-31-58-49(65)29-25-42(54(71)72)39-43(62)26-27-46(55(73)74)61-52(68)41-80-38-35-77-33-20-21-44(63)40-79-37-36-78-34-32-59-50(66)30-28-47(56(75)76)60-51(67)23-16-14-12-10-8-6-4-5-7-9-11-13-15-17-24-53(69)70/h42,45-47,57H,3-41H2,1-2H3,(H,58,65)(H,59,66)(H,60,67)(H,61,68)(H,69,70)(H,71,72)(H,73,74)(H,75,76)/t42-,45+,46+,47+/m1/s1. The molecular weight excluding hydrogens is 1050 g/mol. The summed E-state index contributed by atoms with van der Waals surface area (Å²) in [6, 6.07) is -2.84. The third kappa shape index (κ3) is 45.3. The van der Waals surface area contributed by atoms with Gasteiger partial charge in [0.2, 0.25) is 23.6 Å². The topological polar surface area (TPSA) is 366 Å². The van der Waals surface area contributed by atoms with Crippen molar-refractivity contribution < 1.29 is 92.1 Å². The minimum atomic E-state index is -1.43. The van der Waals surface area contributed by atoms with Gasteiger partial charge in [-0.1, -0.05) is 84.0 Å². The first-order valence-corrected chi connectivity index (χ1v) is 29.0. The highest BCUT2D eigenvalue weighted by Gasteiger charge is 2.26. The number of aliphatic carboxylic acids is 4. The highest BCUT2D eigenvalue weighted by molar-refractivity contribution is 5.87. The molecule has 0 spiro atoms. The number of hydrogen-bond donors (Lipinski definition) is 9. The maximum atomic E-state index is 12.6. The van der Waals surface area contributed by atoms with E-state index in [-0.39, 0.29) is 146 Å². The Morgan fingerprint density at radius 1 is 0.388 bits per heavy atom. The Kier molecular flexibility index (Phi) is 47.1. The number of carboxylic acids is 4. The number of amides is 4. The highest BCUT2D eigenvalue weighted by atomic mass is 16.5. The van der Waals surface area contributed by atoms with E-state index in [1.54, 1.807) is 14.0 Å². The lowest BCUT2D eigenvalue weighted by Gasteiger charge is -2.16. The molecule has 0 unspecified atom stereocenters. The van der Waals surface area contributed by atoms with Crippen molar-refractivity contribution in [2.24, 2.45) is 5.92 Å². The van der Waals surface area contributed by atoms with Crippen LogP contribution in [0, 0.1) is 5.92 Å². The first kappa shape index (κ1) is 74.6. The zero-order valence-corrected chi connectivity index (χ0v) is 47.8. The van der Waals surface area contributed by atoms with Crippen LogP contribution in [0.4, 0.5) is 0 Å². The molecule has 4 atom stereocenters. The lowest BCUT2D eigenvalue weighted by Crippen LogP contribution is -2.42. The first-order valence-electron chi connectivity index (χ1n) is 29.0. The highest BCUT2D eigenvalue weighted by Crippen LogP contribution is 2.17. The van der Waals surface area contributed by atoms with Crippen LogP contribution >= 0.6 is 0 Å². The Morgan fingerprint density at radius 3 is 1.41 bits per heavy atom. The van der Waals surface area contributed by atoms with E-state index in [9.17, 15) is 68.1 Å². The fourth-order valence-electron chi connectivity index (χ4n) is 8.36. The molecule has 0 fully saturated rings. The van der Waals surface area contributed by atoms with Crippen molar-refractivity contribution in [3.63, 3.8) is 0 Å². The molecule has 0 aliphatic carbocycles. The molecule has 0 aromatic carbocycles. The number of Topliss-reactive ketones (excluding diaryl/α,β-unsaturated/α-hetero) is 3. The summed E-state index contributed by atoms with van der Waals surface area (Å²) in [5.74, 6) is -8.18. The summed E-state index contributed by atoms with van der Waals surface area (Å²) in [4.78, 5) is 132. The number of ether oxygens (including phenoxy) is 4. The van der Waals surface area contributed by atoms with E-state index < -0.39 is 66.6 Å². The van der Waals surface area contributed by atoms with Crippen LogP contribution in [0.15, 0.2) is 0 Å². The molecule has 0 rings (SSSR count). The van der Waals surface area contributed by atoms with Crippen LogP contribution in [0.2, 0.25) is 0 Å². The Balaban J connectivity index is 3.98. The summed E-state index contributed by atoms with van der Waals surface area (Å²) in [7, 11) is 1.72. The van der Waals surface area contributed by atoms with Gasteiger partial charge in [0.25, 0.3) is 0 Å². The maximum absolute atomic E-state index is 12.6. The largest absolute Gasteiger partial charge is 0.481 e. The molecule has 0 bridgehead atoms. The summed E-state index contributed by atoms with van der Waals surface area (Å²) in [6.45, 7) is 2.47. The molecule has 0 aromatic rings. The second-order valence-corrected chi connectivity index (χ2v) is 20.0. The Morgan fingerprint density at radius 2 is 0.875 bits per heavy atom. The lowest BCUT2D eigenvalue weighted by molar-refractivity contribution is -0.145. The second kappa shape index (κ2) is 50.5. The molecule has 24 nitrogen and oxygen atoms in total. The lowest BCUT2D eigenvalue weighted by atomic mass is 9.94. The quantitative estimate of drug-likeness (QED) is 0.0368. The number of carboxylic acid groups (broad SMARTS) is 4. The summed E-state index contributed by atoms with van der Waals surface area (Å²) in [5.41, 5.74) is 0. The van der Waals surface area contributed by atoms with E-state index in [1.165, 1.54) is 32.1 Å². The second-order valence-electron chi connectivity index (χ2n) is 20.0. The number of hydrogen-bond acceptors (Lipinski definition) is 16. The predicted octanol–water partition coefficient (Wildman–Crippen LogP) is 4.84. The Bertz CT molecular complexity index is 1800. The molecule has 0 aliphatic rings. The van der Waals surface area contributed by atoms with Crippen LogP contribution in [0.3, 0.4) is 0 Å². The monoisotopic (exact) mass is 1140 g/mol. The normalized spacial score (nSPS) is 12.6. The van der Waals surface area contributed by atoms with Gasteiger partial charge in [-0.2, -0.15) is 0 Å². The molecule has 0 saturated carbocycles. The molecule has 0 aliphatic heterocycles. The van der Waals surface area contributed by atoms with Crippen molar-refractivity contribution in [3.05, 3.63) is 0 Å². The van der Waals surface area contributed by atoms with Gasteiger partial charge in [-0.15, -0.1) is 0 Å². The molecule has 0 saturated heterocycles. The van der Waals surface area contributed by atoms with Crippen LogP contribution in [0.25, 0.3) is 0 Å². The summed E-state index contributed by atoms with van der Waals surface area (Å²) >= 11 is 0. The summed E-state index contributed by atoms with van der Waals surface area (Å²) < 4.78 is 21.4. The van der Waals surface area contributed by atoms with Crippen molar-refractivity contribution in [1.82, 2.24) is 26.6 Å². The average Bonchev–Trinajstić information content (AvgIpc) is 3.41. The van der Waals surface area contributed by atoms with Crippen LogP contribution in [-0.4, -0.2) is 176 Å². The maximum Gasteiger partial charge on any atom is 0.326 e. The van der Waals surface area contributed by atoms with E-state index in [0.717, 1.165) is 51.4 Å². The fourth-order valence-corrected chi connectivity index (χ4v) is 8.36. The van der Waals surface area contributed by atoms with E-state index in [2.05, 4.69) is 26.6 Å². The number of carbonyl (C=O) groups excluding carboxylic acids is 7. The first-order chi connectivity index (χ1) is 38.4. The number of nitrogens with one attached hydrogen (secondary N) is 5. The van der Waals surface area contributed by atoms with Gasteiger partial charge >= 0.3 is 23.9 Å². The van der Waals surface area contributed by atoms with Crippen LogP contribution in [0.5, 0.6) is 0 Å². The number of rotatable bonds is 58. The van der Waals surface area contributed by atoms with E-state index in [4.69, 9.17) is 24.1 Å². The molecule has 0 aromatic heterocycles. The van der Waals surface area contributed by atoms with Gasteiger partial charge < -0.3 is 66.0 Å². The van der Waals surface area contributed by atoms with Crippen LogP contribution in [-0.2, 0) is 71.7 Å². The summed E-state index contributed by atoms with van der Waals surface area (Å²) in [6.07, 6.45) is 16.9. The smallest absolute Gasteiger partial charge is 0.326 e. The van der Waals surface area contributed by atoms with Gasteiger partial charge in [-0.3, -0.25) is 43.2 Å². The van der Waals surface area contributed by atoms with Crippen molar-refractivity contribution in [1.29, 1.82) is 0 Å². The van der Waals surface area contributed by atoms with Crippen molar-refractivity contribution in [2.45, 2.75) is 211 Å². The van der Waals surface area contributed by atoms with Gasteiger partial charge in [-0.05, 0) is 64.8 Å². The minimum absolute atomic E-state index is 0.00459. The van der Waals surface area contributed by atoms with Gasteiger partial charge in [0.1, 0.15) is 36.9 Å². The number of unbranched alkanes of at least 4 members (excludes halogenated alkanes) is 14. The minimum Gasteiger partial charge on any atom is -0.481 e. The molecule has 9 N–H and O–H groups in total. The van der Waals surface area contributed by atoms with Gasteiger partial charge in [0.15, 0.2) is 5.78 Å². The van der Waals surface area contributed by atoms with E-state index in [0.29, 0.717) is 45.1 Å². The molecule has 0 heterocycles. The van der Waals surface area contributed by atoms with Crippen LogP contribution < -0.4 is 26.6 Å². The molecule has 80 heavy (non-hydrogen) atoms. The van der Waals surface area contributed by atoms with Gasteiger partial charge in [-0.25, -0.2) is 9.59 Å². The Hall–Kier alpha value is -5.43. The number of carbonyl (C=O) groups is 11. The molecule has 460 valence electrons. The van der Waals surface area contributed by atoms with Crippen molar-refractivity contribution in [3.8, 4) is 0 Å². The number of ketones is 3. The zero-order chi connectivity index (χ0) is 59.6. The van der Waals surface area contributed by atoms with E-state index in [1.807, 2.05) is 0 Å². The van der Waals surface area contributed by atoms with Gasteiger partial charge in [0, 0.05) is 71.1 Å². The molecule has 4 amide bonds. The average molecular weight is 1140 g/mol. The third-order valence-electron chi connectivity index (χ3n) is 13.1. The predicted molar refractivity (Wildman–Crippen MR) is 295 cm³/mol. The summed E-state index contributed by atoms with van der Waals surface area (Å²) in [5, 5.41) is 50.5. The molecule has 0 radical (unpaired) electrons. The van der Waals surface area contributed by atoms with Crippen molar-refractivity contribution in [2.75, 3.05) is 73.0 Å². The molecular formula is C56H97N5O19. The van der Waals surface area contributed by atoms with Gasteiger partial charge in [0.05, 0.1) is 45.0 Å². The Labute approximate surface area is 472 Å². The SMILES string of the molecule is CCC(=O)[C@H](CCCCNC(=O)CC[C@H](CC(=O)CC[C@H](NC(=O)COCCOCCCC(=O)COCCOCCNC(=O)CC[C@H](NC(=O)CCCCCCCCCCCCCCCCC(=O)O)C(=O)O)C(=O)O)C(=O)O)NC. The number of likely N-dealkylation sites (N-methyl/N-ethyl adjacent to an activating group) is 1. The fraction of sp³-hybridized carbons (Fsp3) is 0.804. The zero-order valence-electron chi connectivity index (χ0n) is 47.8. The van der Waals surface area contributed by atoms with Crippen LogP contribution in [0.1, 0.15) is 193 Å².